The first-order valence-electron chi connectivity index (χ1n) is 18.3. The number of benzene rings is 9. The largest absolute Gasteiger partial charge is 0.455 e. The van der Waals surface area contributed by atoms with Crippen LogP contribution in [0.25, 0.3) is 98.8 Å². The van der Waals surface area contributed by atoms with Crippen molar-refractivity contribution in [3.8, 4) is 44.5 Å². The highest BCUT2D eigenvalue weighted by Gasteiger charge is 2.20. The average molecular weight is 602 g/mol. The van der Waals surface area contributed by atoms with Crippen molar-refractivity contribution < 1.29 is 11.3 Å². The molecule has 0 bridgehead atoms. The Morgan fingerprint density at radius 2 is 0.979 bits per heavy atom. The van der Waals surface area contributed by atoms with Gasteiger partial charge in [-0.2, -0.15) is 0 Å². The van der Waals surface area contributed by atoms with E-state index in [1.54, 1.807) is 0 Å². The van der Waals surface area contributed by atoms with E-state index in [2.05, 4.69) is 103 Å². The third-order valence-electron chi connectivity index (χ3n) is 9.55. The zero-order valence-corrected chi connectivity index (χ0v) is 25.2. The molecule has 0 saturated carbocycles. The van der Waals surface area contributed by atoms with Gasteiger partial charge in [-0.05, 0) is 77.3 Å². The van der Waals surface area contributed by atoms with Crippen LogP contribution in [0.5, 0.6) is 0 Å². The summed E-state index contributed by atoms with van der Waals surface area (Å²) in [6, 6.07) is 46.6. The maximum Gasteiger partial charge on any atom is 0.143 e. The van der Waals surface area contributed by atoms with Crippen molar-refractivity contribution in [3.63, 3.8) is 0 Å². The van der Waals surface area contributed by atoms with E-state index in [0.29, 0.717) is 5.56 Å². The van der Waals surface area contributed by atoms with Gasteiger partial charge in [0.05, 0.1) is 6.85 Å². The Labute approximate surface area is 279 Å². The second-order valence-electron chi connectivity index (χ2n) is 12.0. The topological polar surface area (TPSA) is 13.1 Å². The molecule has 0 fully saturated rings. The van der Waals surface area contributed by atoms with Crippen LogP contribution in [0.2, 0.25) is 0 Å². The van der Waals surface area contributed by atoms with Gasteiger partial charge in [-0.15, -0.1) is 0 Å². The van der Waals surface area contributed by atoms with Crippen LogP contribution in [-0.2, 0) is 0 Å². The predicted octanol–water partition coefficient (Wildman–Crippen LogP) is 13.2. The Balaban J connectivity index is 1.23. The van der Waals surface area contributed by atoms with E-state index >= 15 is 0 Å². The van der Waals surface area contributed by atoms with Crippen molar-refractivity contribution in [2.24, 2.45) is 0 Å². The molecule has 0 aliphatic heterocycles. The van der Waals surface area contributed by atoms with Gasteiger partial charge in [-0.1, -0.05) is 164 Å². The minimum Gasteiger partial charge on any atom is -0.455 e. The number of furan rings is 1. The maximum atomic E-state index is 8.72. The van der Waals surface area contributed by atoms with Gasteiger partial charge in [-0.3, -0.25) is 0 Å². The fourth-order valence-electron chi connectivity index (χ4n) is 7.51. The summed E-state index contributed by atoms with van der Waals surface area (Å²) < 4.78 is 49.0. The lowest BCUT2D eigenvalue weighted by Gasteiger charge is -2.17. The van der Waals surface area contributed by atoms with E-state index in [9.17, 15) is 0 Å². The SMILES string of the molecule is [2H]c1c([2H])c([2H])c(-c2ccc3ccc4c(-c5cccc6oc7c(-c8ccccc8-c8ccccc8)cccc7c56)ccc5ccc2c3c54)c([2H])c1[2H]. The molecule has 0 aliphatic carbocycles. The molecule has 0 atom stereocenters. The summed E-state index contributed by atoms with van der Waals surface area (Å²) >= 11 is 0. The van der Waals surface area contributed by atoms with Gasteiger partial charge in [0.25, 0.3) is 0 Å². The normalized spacial score (nSPS) is 13.3. The Morgan fingerprint density at radius 3 is 1.77 bits per heavy atom. The van der Waals surface area contributed by atoms with Crippen molar-refractivity contribution in [1.82, 2.24) is 0 Å². The Bertz CT molecular complexity index is 3040. The van der Waals surface area contributed by atoms with E-state index < -0.39 is 6.04 Å². The molecule has 1 heteroatoms. The minimum atomic E-state index is -0.394. The lowest BCUT2D eigenvalue weighted by Crippen LogP contribution is -1.89. The molecule has 1 nitrogen and oxygen atoms in total. The number of fused-ring (bicyclic) bond motifs is 3. The Kier molecular flexibility index (Phi) is 4.66. The third-order valence-corrected chi connectivity index (χ3v) is 9.55. The van der Waals surface area contributed by atoms with Gasteiger partial charge in [0.1, 0.15) is 11.2 Å². The zero-order valence-electron chi connectivity index (χ0n) is 30.2. The summed E-state index contributed by atoms with van der Waals surface area (Å²) in [4.78, 5) is 0. The molecule has 0 unspecified atom stereocenters. The van der Waals surface area contributed by atoms with Crippen LogP contribution in [0, 0.1) is 0 Å². The molecule has 0 saturated heterocycles. The van der Waals surface area contributed by atoms with Crippen LogP contribution in [0.15, 0.2) is 174 Å². The lowest BCUT2D eigenvalue weighted by atomic mass is 9.86. The van der Waals surface area contributed by atoms with Gasteiger partial charge < -0.3 is 4.42 Å². The fourth-order valence-corrected chi connectivity index (χ4v) is 7.51. The molecular formula is C46H28O. The second-order valence-corrected chi connectivity index (χ2v) is 12.0. The highest BCUT2D eigenvalue weighted by atomic mass is 16.3. The van der Waals surface area contributed by atoms with E-state index in [-0.39, 0.29) is 29.7 Å². The van der Waals surface area contributed by atoms with E-state index in [0.717, 1.165) is 87.6 Å². The summed E-state index contributed by atoms with van der Waals surface area (Å²) in [5.41, 5.74) is 9.06. The highest BCUT2D eigenvalue weighted by Crippen LogP contribution is 2.46. The number of hydrogen-bond donors (Lipinski definition) is 0. The molecule has 0 spiro atoms. The summed E-state index contributed by atoms with van der Waals surface area (Å²) in [7, 11) is 0. The minimum absolute atomic E-state index is 0.203. The lowest BCUT2D eigenvalue weighted by molar-refractivity contribution is 0.670. The van der Waals surface area contributed by atoms with Crippen LogP contribution < -0.4 is 0 Å². The number of para-hydroxylation sites is 1. The van der Waals surface area contributed by atoms with Crippen LogP contribution in [0.3, 0.4) is 0 Å². The second kappa shape index (κ2) is 10.2. The molecule has 0 aliphatic rings. The molecule has 9 aromatic carbocycles. The van der Waals surface area contributed by atoms with Gasteiger partial charge >= 0.3 is 0 Å². The summed E-state index contributed by atoms with van der Waals surface area (Å²) in [6.07, 6.45) is 0. The molecular weight excluding hydrogens is 569 g/mol. The molecule has 10 aromatic rings. The van der Waals surface area contributed by atoms with Crippen molar-refractivity contribution in [3.05, 3.63) is 170 Å². The fraction of sp³-hybridized carbons (Fsp3) is 0. The first-order valence-corrected chi connectivity index (χ1v) is 15.8. The van der Waals surface area contributed by atoms with Gasteiger partial charge in [0.2, 0.25) is 0 Å². The molecule has 0 radical (unpaired) electrons. The Hall–Kier alpha value is -6.18. The van der Waals surface area contributed by atoms with Crippen LogP contribution in [0.1, 0.15) is 6.85 Å². The molecule has 0 N–H and O–H groups in total. The Morgan fingerprint density at radius 1 is 0.362 bits per heavy atom. The van der Waals surface area contributed by atoms with Crippen molar-refractivity contribution in [2.75, 3.05) is 0 Å². The predicted molar refractivity (Wildman–Crippen MR) is 199 cm³/mol. The summed E-state index contributed by atoms with van der Waals surface area (Å²) in [5.74, 6) is 0. The van der Waals surface area contributed by atoms with E-state index in [1.807, 2.05) is 36.4 Å². The maximum absolute atomic E-state index is 8.72. The van der Waals surface area contributed by atoms with Gasteiger partial charge in [0.15, 0.2) is 0 Å². The van der Waals surface area contributed by atoms with Crippen LogP contribution in [-0.4, -0.2) is 0 Å². The summed E-state index contributed by atoms with van der Waals surface area (Å²) in [6.45, 7) is 0. The molecule has 1 aromatic heterocycles. The average Bonchev–Trinajstić information content (AvgIpc) is 3.58. The van der Waals surface area contributed by atoms with Crippen molar-refractivity contribution in [2.45, 2.75) is 0 Å². The number of rotatable bonds is 4. The molecule has 218 valence electrons. The standard InChI is InChI=1S/C46H28O/c1-3-11-29(12-4-1)33-15-7-8-16-35(33)40-18-9-19-41-45-37(17-10-20-42(45)47-46(40)41)36-26-22-32-23-27-38-34(30-13-5-2-6-14-30)25-21-31-24-28-39(36)44(32)43(31)38/h1-28H/i2D,5D,6D,13D,14D. The van der Waals surface area contributed by atoms with Gasteiger partial charge in [0, 0.05) is 16.3 Å². The smallest absolute Gasteiger partial charge is 0.143 e. The first kappa shape index (κ1) is 21.5. The monoisotopic (exact) mass is 601 g/mol. The number of hydrogen-bond acceptors (Lipinski definition) is 1. The van der Waals surface area contributed by atoms with Crippen molar-refractivity contribution in [1.29, 1.82) is 0 Å². The molecule has 10 rings (SSSR count). The highest BCUT2D eigenvalue weighted by molar-refractivity contribution is 6.29. The quantitative estimate of drug-likeness (QED) is 0.183. The zero-order chi connectivity index (χ0) is 35.2. The van der Waals surface area contributed by atoms with E-state index in [1.165, 1.54) is 0 Å². The van der Waals surface area contributed by atoms with Crippen LogP contribution >= 0.6 is 0 Å². The molecule has 1 heterocycles. The van der Waals surface area contributed by atoms with E-state index in [4.69, 9.17) is 11.3 Å². The van der Waals surface area contributed by atoms with Gasteiger partial charge in [-0.25, -0.2) is 0 Å². The summed E-state index contributed by atoms with van der Waals surface area (Å²) in [5, 5.41) is 8.18. The van der Waals surface area contributed by atoms with Crippen LogP contribution in [0.4, 0.5) is 0 Å². The van der Waals surface area contributed by atoms with Crippen molar-refractivity contribution >= 4 is 54.3 Å². The third kappa shape index (κ3) is 3.90. The first-order chi connectivity index (χ1) is 25.4. The molecule has 0 amide bonds. The molecule has 47 heavy (non-hydrogen) atoms.